The minimum atomic E-state index is -4.68. The quantitative estimate of drug-likeness (QED) is 0.310. The van der Waals surface area contributed by atoms with E-state index in [0.29, 0.717) is 0 Å². The van der Waals surface area contributed by atoms with E-state index in [2.05, 4.69) is 15.0 Å². The van der Waals surface area contributed by atoms with Crippen molar-refractivity contribution in [1.29, 1.82) is 0 Å². The molecule has 2 N–H and O–H groups in total. The first-order valence-corrected chi connectivity index (χ1v) is 12.7. The molecule has 0 radical (unpaired) electrons. The van der Waals surface area contributed by atoms with Gasteiger partial charge in [0.15, 0.2) is 11.5 Å². The van der Waals surface area contributed by atoms with Crippen molar-refractivity contribution in [2.75, 3.05) is 38.2 Å². The van der Waals surface area contributed by atoms with E-state index in [1.807, 2.05) is 0 Å². The maximum atomic E-state index is 13.5. The highest BCUT2D eigenvalue weighted by Crippen LogP contribution is 2.38. The highest BCUT2D eigenvalue weighted by atomic mass is 19.4. The summed E-state index contributed by atoms with van der Waals surface area (Å²) in [5.74, 6) is -0.245. The number of nitrogens with zero attached hydrogens (tertiary/aromatic N) is 5. The van der Waals surface area contributed by atoms with Crippen molar-refractivity contribution in [1.82, 2.24) is 19.9 Å². The van der Waals surface area contributed by atoms with Crippen LogP contribution in [0.5, 0.6) is 5.75 Å². The van der Waals surface area contributed by atoms with Gasteiger partial charge in [-0.1, -0.05) is 0 Å². The summed E-state index contributed by atoms with van der Waals surface area (Å²) in [6.07, 6.45) is -8.10. The van der Waals surface area contributed by atoms with E-state index in [4.69, 9.17) is 14.9 Å². The highest BCUT2D eigenvalue weighted by molar-refractivity contribution is 5.98. The summed E-state index contributed by atoms with van der Waals surface area (Å²) >= 11 is 0. The number of carbonyl (C=O) groups is 1. The van der Waals surface area contributed by atoms with Crippen molar-refractivity contribution in [3.05, 3.63) is 65.3 Å². The van der Waals surface area contributed by atoms with Crippen LogP contribution in [-0.4, -0.2) is 59.0 Å². The van der Waals surface area contributed by atoms with E-state index < -0.39 is 35.6 Å². The molecule has 1 aliphatic heterocycles. The second-order valence-corrected chi connectivity index (χ2v) is 9.61. The molecule has 42 heavy (non-hydrogen) atoms. The molecule has 5 rings (SSSR count). The number of carbonyl (C=O) groups excluding carboxylic acids is 1. The number of pyridine rings is 2. The fourth-order valence-corrected chi connectivity index (χ4v) is 4.67. The van der Waals surface area contributed by atoms with Crippen LogP contribution in [0.1, 0.15) is 40.5 Å². The lowest BCUT2D eigenvalue weighted by molar-refractivity contribution is -0.141. The zero-order valence-electron chi connectivity index (χ0n) is 22.3. The number of hydrogen-bond donors (Lipinski definition) is 1. The molecule has 0 bridgehead atoms. The number of fused-ring (bicyclic) bond motifs is 1. The number of amides is 1. The lowest BCUT2D eigenvalue weighted by atomic mass is 10.1. The lowest BCUT2D eigenvalue weighted by Crippen LogP contribution is -2.49. The molecular weight excluding hydrogens is 570 g/mol. The molecule has 3 aromatic heterocycles. The molecule has 1 saturated heterocycles. The SMILES string of the molecule is COc1ccc(-c2nc(C(=O)N3CCN(c4cc(C(F)(F)F)ccn4)CC3)c([C@H](C)N)o2)c2ccc(C(F)(F)F)nc12. The van der Waals surface area contributed by atoms with Crippen molar-refractivity contribution in [2.45, 2.75) is 25.3 Å². The van der Waals surface area contributed by atoms with Gasteiger partial charge in [0.05, 0.1) is 18.7 Å². The third-order valence-corrected chi connectivity index (χ3v) is 6.79. The minimum Gasteiger partial charge on any atom is -0.494 e. The number of piperazine rings is 1. The molecule has 4 heterocycles. The number of halogens is 6. The number of methoxy groups -OCH3 is 1. The summed E-state index contributed by atoms with van der Waals surface area (Å²) in [6, 6.07) is 6.08. The van der Waals surface area contributed by atoms with Crippen LogP contribution in [0.3, 0.4) is 0 Å². The standard InChI is InChI=1S/C27H24F6N6O3/c1-14(34)23-22(25(40)39-11-9-38(10-12-39)20-13-15(7-8-35-20)26(28,29)30)37-24(42-23)17-3-5-18(41-2)21-16(17)4-6-19(36-21)27(31,32)33/h3-8,13-14H,9-12,34H2,1-2H3/t14-/m0/s1. The number of nitrogens with two attached hydrogens (primary N) is 1. The molecule has 1 atom stereocenters. The van der Waals surface area contributed by atoms with Gasteiger partial charge < -0.3 is 24.7 Å². The maximum absolute atomic E-state index is 13.5. The third kappa shape index (κ3) is 5.55. The molecule has 0 spiro atoms. The van der Waals surface area contributed by atoms with E-state index in [0.717, 1.165) is 24.4 Å². The van der Waals surface area contributed by atoms with E-state index in [1.165, 1.54) is 30.2 Å². The summed E-state index contributed by atoms with van der Waals surface area (Å²) in [5.41, 5.74) is 4.27. The molecule has 0 aliphatic carbocycles. The second kappa shape index (κ2) is 10.8. The van der Waals surface area contributed by atoms with Gasteiger partial charge in [0, 0.05) is 43.3 Å². The summed E-state index contributed by atoms with van der Waals surface area (Å²) in [5, 5.41) is 0.251. The Bertz CT molecular complexity index is 1630. The van der Waals surface area contributed by atoms with Crippen molar-refractivity contribution in [3.63, 3.8) is 0 Å². The number of alkyl halides is 6. The predicted molar refractivity (Wildman–Crippen MR) is 139 cm³/mol. The van der Waals surface area contributed by atoms with Crippen LogP contribution in [0.25, 0.3) is 22.4 Å². The monoisotopic (exact) mass is 594 g/mol. The number of anilines is 1. The molecular formula is C27H24F6N6O3. The van der Waals surface area contributed by atoms with Crippen molar-refractivity contribution < 1.29 is 40.3 Å². The van der Waals surface area contributed by atoms with E-state index in [9.17, 15) is 31.1 Å². The summed E-state index contributed by atoms with van der Waals surface area (Å²) < 4.78 is 90.5. The number of ether oxygens (including phenoxy) is 1. The molecule has 1 amide bonds. The van der Waals surface area contributed by atoms with Gasteiger partial charge in [-0.25, -0.2) is 15.0 Å². The van der Waals surface area contributed by atoms with E-state index in [1.54, 1.807) is 11.8 Å². The van der Waals surface area contributed by atoms with Crippen LogP contribution < -0.4 is 15.4 Å². The van der Waals surface area contributed by atoms with Crippen molar-refractivity contribution >= 4 is 22.6 Å². The second-order valence-electron chi connectivity index (χ2n) is 9.61. The van der Waals surface area contributed by atoms with Crippen LogP contribution >= 0.6 is 0 Å². The average molecular weight is 595 g/mol. The maximum Gasteiger partial charge on any atom is 0.433 e. The first-order valence-electron chi connectivity index (χ1n) is 12.7. The fraction of sp³-hybridized carbons (Fsp3) is 0.333. The number of benzene rings is 1. The smallest absolute Gasteiger partial charge is 0.433 e. The van der Waals surface area contributed by atoms with Crippen LogP contribution in [0.15, 0.2) is 47.0 Å². The lowest BCUT2D eigenvalue weighted by Gasteiger charge is -2.35. The molecule has 222 valence electrons. The Kier molecular flexibility index (Phi) is 7.47. The summed E-state index contributed by atoms with van der Waals surface area (Å²) in [7, 11) is 1.30. The van der Waals surface area contributed by atoms with Gasteiger partial charge in [0.2, 0.25) is 5.89 Å². The predicted octanol–water partition coefficient (Wildman–Crippen LogP) is 5.31. The molecule has 1 aromatic carbocycles. The first kappa shape index (κ1) is 29.1. The van der Waals surface area contributed by atoms with Crippen LogP contribution in [0, 0.1) is 0 Å². The van der Waals surface area contributed by atoms with E-state index >= 15 is 0 Å². The Balaban J connectivity index is 1.43. The highest BCUT2D eigenvalue weighted by Gasteiger charge is 2.35. The van der Waals surface area contributed by atoms with Gasteiger partial charge >= 0.3 is 12.4 Å². The van der Waals surface area contributed by atoms with Crippen LogP contribution in [-0.2, 0) is 12.4 Å². The number of hydrogen-bond acceptors (Lipinski definition) is 8. The van der Waals surface area contributed by atoms with Gasteiger partial charge in [-0.3, -0.25) is 4.79 Å². The number of oxazole rings is 1. The minimum absolute atomic E-state index is 0.0494. The third-order valence-electron chi connectivity index (χ3n) is 6.79. The number of rotatable bonds is 5. The zero-order chi connectivity index (χ0) is 30.4. The zero-order valence-corrected chi connectivity index (χ0v) is 22.3. The normalized spacial score (nSPS) is 15.3. The van der Waals surface area contributed by atoms with Crippen LogP contribution in [0.2, 0.25) is 0 Å². The van der Waals surface area contributed by atoms with Gasteiger partial charge in [0.25, 0.3) is 5.91 Å². The molecule has 0 unspecified atom stereocenters. The Morgan fingerprint density at radius 2 is 1.71 bits per heavy atom. The first-order chi connectivity index (χ1) is 19.8. The van der Waals surface area contributed by atoms with Gasteiger partial charge in [-0.05, 0) is 43.3 Å². The van der Waals surface area contributed by atoms with E-state index in [-0.39, 0.29) is 71.6 Å². The van der Waals surface area contributed by atoms with Gasteiger partial charge in [-0.15, -0.1) is 0 Å². The topological polar surface area (TPSA) is 111 Å². The largest absolute Gasteiger partial charge is 0.494 e. The average Bonchev–Trinajstić information content (AvgIpc) is 3.41. The molecule has 1 fully saturated rings. The Morgan fingerprint density at radius 1 is 1.00 bits per heavy atom. The van der Waals surface area contributed by atoms with Crippen molar-refractivity contribution in [3.8, 4) is 17.2 Å². The fourth-order valence-electron chi connectivity index (χ4n) is 4.67. The van der Waals surface area contributed by atoms with Crippen molar-refractivity contribution in [2.24, 2.45) is 5.73 Å². The number of aromatic nitrogens is 3. The Labute approximate surface area is 234 Å². The Morgan fingerprint density at radius 3 is 2.33 bits per heavy atom. The Hall–Kier alpha value is -4.40. The van der Waals surface area contributed by atoms with Gasteiger partial charge in [0.1, 0.15) is 22.8 Å². The van der Waals surface area contributed by atoms with Crippen LogP contribution in [0.4, 0.5) is 32.2 Å². The van der Waals surface area contributed by atoms with Gasteiger partial charge in [-0.2, -0.15) is 26.3 Å². The molecule has 15 heteroatoms. The summed E-state index contributed by atoms with van der Waals surface area (Å²) in [4.78, 5) is 28.8. The summed E-state index contributed by atoms with van der Waals surface area (Å²) in [6.45, 7) is 2.34. The molecule has 0 saturated carbocycles. The molecule has 1 aliphatic rings. The molecule has 4 aromatic rings. The molecule has 9 nitrogen and oxygen atoms in total.